The molecular formula is C32H32F3N3O3. The third-order valence-corrected chi connectivity index (χ3v) is 8.09. The highest BCUT2D eigenvalue weighted by Gasteiger charge is 2.53. The number of hydrogen-bond donors (Lipinski definition) is 2. The molecule has 1 atom stereocenters. The zero-order valence-electron chi connectivity index (χ0n) is 22.8. The minimum absolute atomic E-state index is 0.0213. The van der Waals surface area contributed by atoms with Gasteiger partial charge in [-0.15, -0.1) is 0 Å². The maximum atomic E-state index is 13.8. The van der Waals surface area contributed by atoms with Crippen LogP contribution in [0.25, 0.3) is 0 Å². The number of amides is 3. The molecule has 214 valence electrons. The Morgan fingerprint density at radius 1 is 0.927 bits per heavy atom. The fourth-order valence-electron chi connectivity index (χ4n) is 5.69. The molecule has 5 rings (SSSR count). The van der Waals surface area contributed by atoms with Crippen molar-refractivity contribution >= 4 is 23.4 Å². The van der Waals surface area contributed by atoms with Crippen molar-refractivity contribution in [1.82, 2.24) is 10.2 Å². The number of piperidine rings is 1. The minimum Gasteiger partial charge on any atom is -0.344 e. The van der Waals surface area contributed by atoms with Gasteiger partial charge in [0.25, 0.3) is 0 Å². The van der Waals surface area contributed by atoms with E-state index in [1.54, 1.807) is 24.3 Å². The maximum absolute atomic E-state index is 13.8. The van der Waals surface area contributed by atoms with E-state index in [1.165, 1.54) is 25.1 Å². The monoisotopic (exact) mass is 563 g/mol. The molecule has 3 aromatic carbocycles. The summed E-state index contributed by atoms with van der Waals surface area (Å²) >= 11 is 0. The number of rotatable bonds is 8. The molecule has 6 nitrogen and oxygen atoms in total. The Morgan fingerprint density at radius 2 is 1.63 bits per heavy atom. The predicted molar refractivity (Wildman–Crippen MR) is 149 cm³/mol. The molecule has 0 spiro atoms. The second kappa shape index (κ2) is 11.8. The van der Waals surface area contributed by atoms with E-state index in [2.05, 4.69) is 10.6 Å². The van der Waals surface area contributed by atoms with Crippen molar-refractivity contribution in [3.05, 3.63) is 101 Å². The molecule has 1 saturated heterocycles. The zero-order chi connectivity index (χ0) is 29.1. The Bertz CT molecular complexity index is 1450. The van der Waals surface area contributed by atoms with Crippen LogP contribution in [0.15, 0.2) is 66.7 Å². The summed E-state index contributed by atoms with van der Waals surface area (Å²) < 4.78 is 40.8. The highest BCUT2D eigenvalue weighted by Crippen LogP contribution is 2.50. The highest BCUT2D eigenvalue weighted by atomic mass is 19.2. The second-order valence-electron chi connectivity index (χ2n) is 11.0. The number of likely N-dealkylation sites (tertiary alicyclic amines) is 1. The molecule has 0 radical (unpaired) electrons. The van der Waals surface area contributed by atoms with E-state index in [0.717, 1.165) is 30.5 Å². The van der Waals surface area contributed by atoms with Crippen molar-refractivity contribution in [2.45, 2.75) is 56.4 Å². The Morgan fingerprint density at radius 3 is 2.24 bits per heavy atom. The Hall–Kier alpha value is -4.14. The van der Waals surface area contributed by atoms with Crippen molar-refractivity contribution in [3.63, 3.8) is 0 Å². The van der Waals surface area contributed by atoms with E-state index in [-0.39, 0.29) is 24.2 Å². The Balaban J connectivity index is 1.17. The van der Waals surface area contributed by atoms with Gasteiger partial charge >= 0.3 is 0 Å². The lowest BCUT2D eigenvalue weighted by Gasteiger charge is -2.35. The van der Waals surface area contributed by atoms with E-state index in [0.29, 0.717) is 42.7 Å². The molecular weight excluding hydrogens is 531 g/mol. The number of halogens is 3. The van der Waals surface area contributed by atoms with Crippen LogP contribution in [0.5, 0.6) is 0 Å². The smallest absolute Gasteiger partial charge is 0.247 e. The molecule has 0 aromatic heterocycles. The van der Waals surface area contributed by atoms with Crippen LogP contribution in [0.4, 0.5) is 18.9 Å². The lowest BCUT2D eigenvalue weighted by atomic mass is 9.87. The summed E-state index contributed by atoms with van der Waals surface area (Å²) in [5.41, 5.74) is 2.05. The van der Waals surface area contributed by atoms with Crippen LogP contribution in [0.2, 0.25) is 0 Å². The minimum atomic E-state index is -0.933. The van der Waals surface area contributed by atoms with Crippen LogP contribution in [-0.2, 0) is 26.2 Å². The maximum Gasteiger partial charge on any atom is 0.247 e. The highest BCUT2D eigenvalue weighted by molar-refractivity contribution is 5.97. The van der Waals surface area contributed by atoms with Gasteiger partial charge in [-0.2, -0.15) is 0 Å². The van der Waals surface area contributed by atoms with Crippen molar-refractivity contribution in [3.8, 4) is 0 Å². The molecule has 2 aliphatic rings. The Kier molecular flexibility index (Phi) is 8.15. The molecule has 0 bridgehead atoms. The molecule has 3 aromatic rings. The average molecular weight is 564 g/mol. The summed E-state index contributed by atoms with van der Waals surface area (Å²) in [5, 5.41) is 5.46. The van der Waals surface area contributed by atoms with Crippen LogP contribution < -0.4 is 10.6 Å². The first-order chi connectivity index (χ1) is 19.6. The van der Waals surface area contributed by atoms with Crippen molar-refractivity contribution in [1.29, 1.82) is 0 Å². The van der Waals surface area contributed by atoms with Crippen molar-refractivity contribution in [2.24, 2.45) is 0 Å². The standard InChI is InChI=1S/C32H32F3N3O3/c1-20(39)36-29(18-21-3-2-4-25(33)17-21)30(40)37-26-8-5-22(6-9-26)23-11-15-38(16-12-23)31(41)32(13-14-32)24-7-10-27(34)28(35)19-24/h2-10,17,19,23,29H,11-16,18H2,1H3,(H,36,39)(H,37,40). The molecule has 1 unspecified atom stereocenters. The van der Waals surface area contributed by atoms with E-state index >= 15 is 0 Å². The topological polar surface area (TPSA) is 78.5 Å². The molecule has 9 heteroatoms. The quantitative estimate of drug-likeness (QED) is 0.394. The van der Waals surface area contributed by atoms with Crippen molar-refractivity contribution in [2.75, 3.05) is 18.4 Å². The van der Waals surface area contributed by atoms with Gasteiger partial charge in [-0.3, -0.25) is 14.4 Å². The van der Waals surface area contributed by atoms with Gasteiger partial charge in [0.15, 0.2) is 11.6 Å². The lowest BCUT2D eigenvalue weighted by molar-refractivity contribution is -0.135. The normalized spacial score (nSPS) is 17.0. The largest absolute Gasteiger partial charge is 0.344 e. The molecule has 3 amide bonds. The van der Waals surface area contributed by atoms with Crippen LogP contribution in [0.1, 0.15) is 55.2 Å². The Labute approximate surface area is 236 Å². The number of nitrogens with zero attached hydrogens (tertiary/aromatic N) is 1. The van der Waals surface area contributed by atoms with Gasteiger partial charge in [-0.05, 0) is 84.7 Å². The number of hydrogen-bond acceptors (Lipinski definition) is 3. The summed E-state index contributed by atoms with van der Waals surface area (Å²) in [7, 11) is 0. The summed E-state index contributed by atoms with van der Waals surface area (Å²) in [4.78, 5) is 39.8. The molecule has 1 aliphatic carbocycles. The van der Waals surface area contributed by atoms with Gasteiger partial charge in [0.2, 0.25) is 17.7 Å². The van der Waals surface area contributed by atoms with Gasteiger partial charge in [-0.25, -0.2) is 13.2 Å². The number of anilines is 1. The third kappa shape index (κ3) is 6.45. The number of carbonyl (C=O) groups is 3. The first kappa shape index (κ1) is 28.4. The van der Waals surface area contributed by atoms with Gasteiger partial charge in [0.05, 0.1) is 5.41 Å². The molecule has 1 heterocycles. The predicted octanol–water partition coefficient (Wildman–Crippen LogP) is 5.23. The van der Waals surface area contributed by atoms with Crippen LogP contribution >= 0.6 is 0 Å². The SMILES string of the molecule is CC(=O)NC(Cc1cccc(F)c1)C(=O)Nc1ccc(C2CCN(C(=O)C3(c4ccc(F)c(F)c4)CC3)CC2)cc1. The first-order valence-corrected chi connectivity index (χ1v) is 13.8. The number of nitrogens with one attached hydrogen (secondary N) is 2. The third-order valence-electron chi connectivity index (χ3n) is 8.09. The molecule has 41 heavy (non-hydrogen) atoms. The van der Waals surface area contributed by atoms with Gasteiger partial charge in [0, 0.05) is 32.1 Å². The van der Waals surface area contributed by atoms with Gasteiger partial charge < -0.3 is 15.5 Å². The van der Waals surface area contributed by atoms with Gasteiger partial charge in [0.1, 0.15) is 11.9 Å². The van der Waals surface area contributed by atoms with E-state index in [9.17, 15) is 27.6 Å². The molecule has 1 aliphatic heterocycles. The average Bonchev–Trinajstić information content (AvgIpc) is 3.76. The number of carbonyl (C=O) groups excluding carboxylic acids is 3. The first-order valence-electron chi connectivity index (χ1n) is 13.8. The van der Waals surface area contributed by atoms with Crippen LogP contribution in [0, 0.1) is 17.5 Å². The van der Waals surface area contributed by atoms with Gasteiger partial charge in [-0.1, -0.05) is 30.3 Å². The molecule has 2 N–H and O–H groups in total. The summed E-state index contributed by atoms with van der Waals surface area (Å²) in [6.07, 6.45) is 2.95. The van der Waals surface area contributed by atoms with E-state index < -0.39 is 34.8 Å². The number of benzene rings is 3. The van der Waals surface area contributed by atoms with Crippen LogP contribution in [0.3, 0.4) is 0 Å². The molecule has 1 saturated carbocycles. The lowest BCUT2D eigenvalue weighted by Crippen LogP contribution is -2.44. The fraction of sp³-hybridized carbons (Fsp3) is 0.344. The molecule has 2 fully saturated rings. The van der Waals surface area contributed by atoms with E-state index in [4.69, 9.17) is 0 Å². The summed E-state index contributed by atoms with van der Waals surface area (Å²) in [5.74, 6) is -2.81. The fourth-order valence-corrected chi connectivity index (χ4v) is 5.69. The second-order valence-corrected chi connectivity index (χ2v) is 11.0. The van der Waals surface area contributed by atoms with E-state index in [1.807, 2.05) is 17.0 Å². The zero-order valence-corrected chi connectivity index (χ0v) is 22.8. The van der Waals surface area contributed by atoms with Crippen molar-refractivity contribution < 1.29 is 27.6 Å². The van der Waals surface area contributed by atoms with Crippen LogP contribution in [-0.4, -0.2) is 41.8 Å². The summed E-state index contributed by atoms with van der Waals surface area (Å²) in [6.45, 7) is 2.48. The summed E-state index contributed by atoms with van der Waals surface area (Å²) in [6, 6.07) is 16.3.